The van der Waals surface area contributed by atoms with E-state index < -0.39 is 6.10 Å². The van der Waals surface area contributed by atoms with E-state index >= 15 is 0 Å². The lowest BCUT2D eigenvalue weighted by Crippen LogP contribution is -2.09. The van der Waals surface area contributed by atoms with Crippen LogP contribution in [0.4, 0.5) is 0 Å². The maximum Gasteiger partial charge on any atom is 0.139 e. The number of aromatic amines is 1. The van der Waals surface area contributed by atoms with Gasteiger partial charge in [-0.2, -0.15) is 0 Å². The van der Waals surface area contributed by atoms with Crippen molar-refractivity contribution in [1.29, 1.82) is 0 Å². The summed E-state index contributed by atoms with van der Waals surface area (Å²) in [5, 5.41) is 10.5. The molecule has 0 bridgehead atoms. The molecule has 0 amide bonds. The van der Waals surface area contributed by atoms with Crippen molar-refractivity contribution in [3.8, 4) is 5.75 Å². The summed E-state index contributed by atoms with van der Waals surface area (Å²) in [6.07, 6.45) is 4.35. The number of nitrogens with one attached hydrogen (secondary N) is 1. The van der Waals surface area contributed by atoms with Gasteiger partial charge in [0.25, 0.3) is 0 Å². The Morgan fingerprint density at radius 2 is 1.89 bits per heavy atom. The largest absolute Gasteiger partial charge is 0.497 e. The first-order chi connectivity index (χ1) is 9.21. The van der Waals surface area contributed by atoms with Gasteiger partial charge in [0.15, 0.2) is 0 Å². The van der Waals surface area contributed by atoms with Crippen LogP contribution in [0.5, 0.6) is 5.75 Å². The van der Waals surface area contributed by atoms with E-state index in [1.54, 1.807) is 19.5 Å². The SMILES string of the molecule is CCc1cc(OC)cc(CC)c1C(O)c1ncc[nH]1. The molecule has 1 heterocycles. The van der Waals surface area contributed by atoms with Crippen molar-refractivity contribution in [2.24, 2.45) is 0 Å². The van der Waals surface area contributed by atoms with Crippen molar-refractivity contribution in [3.05, 3.63) is 47.0 Å². The molecule has 1 aromatic carbocycles. The van der Waals surface area contributed by atoms with Gasteiger partial charge in [-0.05, 0) is 41.7 Å². The number of methoxy groups -OCH3 is 1. The number of aryl methyl sites for hydroxylation is 2. The third-order valence-corrected chi connectivity index (χ3v) is 3.37. The quantitative estimate of drug-likeness (QED) is 0.868. The van der Waals surface area contributed by atoms with Gasteiger partial charge in [-0.3, -0.25) is 0 Å². The third-order valence-electron chi connectivity index (χ3n) is 3.37. The van der Waals surface area contributed by atoms with Crippen molar-refractivity contribution in [2.75, 3.05) is 7.11 Å². The van der Waals surface area contributed by atoms with Gasteiger partial charge in [0.2, 0.25) is 0 Å². The second kappa shape index (κ2) is 5.89. The summed E-state index contributed by atoms with van der Waals surface area (Å²) in [5.74, 6) is 1.42. The van der Waals surface area contributed by atoms with Crippen LogP contribution < -0.4 is 4.74 Å². The molecule has 0 aliphatic heterocycles. The van der Waals surface area contributed by atoms with E-state index in [9.17, 15) is 5.11 Å². The summed E-state index contributed by atoms with van der Waals surface area (Å²) in [6, 6.07) is 3.97. The lowest BCUT2D eigenvalue weighted by atomic mass is 9.92. The first-order valence-corrected chi connectivity index (χ1v) is 6.58. The molecule has 4 nitrogen and oxygen atoms in total. The molecule has 4 heteroatoms. The Morgan fingerprint density at radius 3 is 2.32 bits per heavy atom. The fourth-order valence-electron chi connectivity index (χ4n) is 2.36. The zero-order valence-electron chi connectivity index (χ0n) is 11.6. The number of benzene rings is 1. The molecule has 19 heavy (non-hydrogen) atoms. The molecule has 0 aliphatic carbocycles. The minimum atomic E-state index is -0.717. The van der Waals surface area contributed by atoms with Crippen LogP contribution in [0.1, 0.15) is 42.5 Å². The number of aliphatic hydroxyl groups excluding tert-OH is 1. The molecule has 0 radical (unpaired) electrons. The lowest BCUT2D eigenvalue weighted by molar-refractivity contribution is 0.208. The van der Waals surface area contributed by atoms with Crippen LogP contribution in [0.15, 0.2) is 24.5 Å². The fourth-order valence-corrected chi connectivity index (χ4v) is 2.36. The number of imidazole rings is 1. The Hall–Kier alpha value is -1.81. The number of H-pyrrole nitrogens is 1. The van der Waals surface area contributed by atoms with Gasteiger partial charge in [0.1, 0.15) is 17.7 Å². The van der Waals surface area contributed by atoms with Gasteiger partial charge in [-0.1, -0.05) is 13.8 Å². The molecule has 0 saturated heterocycles. The molecule has 0 aliphatic rings. The first kappa shape index (κ1) is 13.6. The number of rotatable bonds is 5. The average Bonchev–Trinajstić information content (AvgIpc) is 2.99. The van der Waals surface area contributed by atoms with Crippen molar-refractivity contribution in [1.82, 2.24) is 9.97 Å². The summed E-state index contributed by atoms with van der Waals surface area (Å²) in [6.45, 7) is 4.15. The van der Waals surface area contributed by atoms with Crippen molar-refractivity contribution >= 4 is 0 Å². The molecule has 102 valence electrons. The van der Waals surface area contributed by atoms with E-state index in [1.165, 1.54) is 0 Å². The molecule has 1 aromatic heterocycles. The van der Waals surface area contributed by atoms with Crippen LogP contribution in [-0.2, 0) is 12.8 Å². The van der Waals surface area contributed by atoms with Gasteiger partial charge < -0.3 is 14.8 Å². The monoisotopic (exact) mass is 260 g/mol. The molecule has 1 atom stereocenters. The Labute approximate surface area is 113 Å². The van der Waals surface area contributed by atoms with Crippen LogP contribution >= 0.6 is 0 Å². The van der Waals surface area contributed by atoms with Gasteiger partial charge in [-0.25, -0.2) is 4.98 Å². The molecular weight excluding hydrogens is 240 g/mol. The minimum Gasteiger partial charge on any atom is -0.497 e. The third kappa shape index (κ3) is 2.63. The normalized spacial score (nSPS) is 12.4. The van der Waals surface area contributed by atoms with E-state index in [0.29, 0.717) is 5.82 Å². The summed E-state index contributed by atoms with van der Waals surface area (Å²) < 4.78 is 5.32. The average molecular weight is 260 g/mol. The van der Waals surface area contributed by atoms with E-state index in [2.05, 4.69) is 23.8 Å². The summed E-state index contributed by atoms with van der Waals surface area (Å²) in [7, 11) is 1.66. The highest BCUT2D eigenvalue weighted by atomic mass is 16.5. The van der Waals surface area contributed by atoms with Crippen LogP contribution in [0.25, 0.3) is 0 Å². The van der Waals surface area contributed by atoms with Crippen molar-refractivity contribution < 1.29 is 9.84 Å². The summed E-state index contributed by atoms with van der Waals surface area (Å²) in [4.78, 5) is 7.12. The summed E-state index contributed by atoms with van der Waals surface area (Å²) >= 11 is 0. The lowest BCUT2D eigenvalue weighted by Gasteiger charge is -2.19. The fraction of sp³-hybridized carbons (Fsp3) is 0.400. The molecule has 0 spiro atoms. The van der Waals surface area contributed by atoms with E-state index in [0.717, 1.165) is 35.3 Å². The van der Waals surface area contributed by atoms with E-state index in [1.807, 2.05) is 12.1 Å². The highest BCUT2D eigenvalue weighted by molar-refractivity contribution is 5.45. The van der Waals surface area contributed by atoms with Crippen LogP contribution in [0.3, 0.4) is 0 Å². The highest BCUT2D eigenvalue weighted by Gasteiger charge is 2.20. The molecule has 1 unspecified atom stereocenters. The van der Waals surface area contributed by atoms with Gasteiger partial charge >= 0.3 is 0 Å². The number of aliphatic hydroxyl groups is 1. The number of nitrogens with zero attached hydrogens (tertiary/aromatic N) is 1. The van der Waals surface area contributed by atoms with Crippen LogP contribution in [-0.4, -0.2) is 22.2 Å². The number of ether oxygens (including phenoxy) is 1. The van der Waals surface area contributed by atoms with Crippen molar-refractivity contribution in [2.45, 2.75) is 32.8 Å². The number of hydrogen-bond donors (Lipinski definition) is 2. The predicted octanol–water partition coefficient (Wildman–Crippen LogP) is 2.62. The van der Waals surface area contributed by atoms with E-state index in [4.69, 9.17) is 4.74 Å². The van der Waals surface area contributed by atoms with Gasteiger partial charge in [-0.15, -0.1) is 0 Å². The first-order valence-electron chi connectivity index (χ1n) is 6.58. The zero-order valence-corrected chi connectivity index (χ0v) is 11.6. The predicted molar refractivity (Wildman–Crippen MR) is 74.4 cm³/mol. The number of aromatic nitrogens is 2. The smallest absolute Gasteiger partial charge is 0.139 e. The Bertz CT molecular complexity index is 510. The zero-order chi connectivity index (χ0) is 13.8. The highest BCUT2D eigenvalue weighted by Crippen LogP contribution is 2.31. The Kier molecular flexibility index (Phi) is 4.22. The Balaban J connectivity index is 2.54. The number of hydrogen-bond acceptors (Lipinski definition) is 3. The maximum atomic E-state index is 10.5. The van der Waals surface area contributed by atoms with Gasteiger partial charge in [0.05, 0.1) is 7.11 Å². The standard InChI is InChI=1S/C15H20N2O2/c1-4-10-8-12(19-3)9-11(5-2)13(10)14(18)15-16-6-7-17-15/h6-9,14,18H,4-5H2,1-3H3,(H,16,17). The second-order valence-electron chi connectivity index (χ2n) is 4.44. The van der Waals surface area contributed by atoms with Gasteiger partial charge in [0, 0.05) is 12.4 Å². The topological polar surface area (TPSA) is 58.1 Å². The Morgan fingerprint density at radius 1 is 1.26 bits per heavy atom. The molecule has 2 aromatic rings. The molecule has 2 rings (SSSR count). The molecular formula is C15H20N2O2. The van der Waals surface area contributed by atoms with Crippen LogP contribution in [0, 0.1) is 0 Å². The van der Waals surface area contributed by atoms with Crippen LogP contribution in [0.2, 0.25) is 0 Å². The molecule has 2 N–H and O–H groups in total. The molecule has 0 saturated carbocycles. The maximum absolute atomic E-state index is 10.5. The second-order valence-corrected chi connectivity index (χ2v) is 4.44. The molecule has 0 fully saturated rings. The minimum absolute atomic E-state index is 0.578. The van der Waals surface area contributed by atoms with E-state index in [-0.39, 0.29) is 0 Å². The summed E-state index contributed by atoms with van der Waals surface area (Å²) in [5.41, 5.74) is 3.14. The van der Waals surface area contributed by atoms with Crippen molar-refractivity contribution in [3.63, 3.8) is 0 Å².